The zero-order valence-corrected chi connectivity index (χ0v) is 10.5. The van der Waals surface area contributed by atoms with Gasteiger partial charge in [0.25, 0.3) is 0 Å². The highest BCUT2D eigenvalue weighted by Gasteiger charge is 2.05. The van der Waals surface area contributed by atoms with Crippen LogP contribution < -0.4 is 5.73 Å². The Kier molecular flexibility index (Phi) is 3.02. The van der Waals surface area contributed by atoms with Gasteiger partial charge in [-0.1, -0.05) is 15.9 Å². The fourth-order valence-electron chi connectivity index (χ4n) is 1.26. The van der Waals surface area contributed by atoms with Crippen LogP contribution in [0.4, 0.5) is 5.82 Å². The highest BCUT2D eigenvalue weighted by atomic mass is 79.9. The van der Waals surface area contributed by atoms with E-state index in [2.05, 4.69) is 21.0 Å². The molecule has 3 nitrogen and oxygen atoms in total. The predicted molar refractivity (Wildman–Crippen MR) is 67.5 cm³/mol. The second-order valence-electron chi connectivity index (χ2n) is 3.00. The van der Waals surface area contributed by atoms with E-state index in [0.717, 1.165) is 15.2 Å². The summed E-state index contributed by atoms with van der Waals surface area (Å²) in [6.45, 7) is 0. The number of nitrogens with two attached hydrogens (primary N) is 1. The highest BCUT2D eigenvalue weighted by Crippen LogP contribution is 2.21. The number of halogens is 1. The van der Waals surface area contributed by atoms with E-state index in [1.807, 2.05) is 36.6 Å². The Hall–Kier alpha value is -0.940. The van der Waals surface area contributed by atoms with Crippen molar-refractivity contribution in [2.24, 2.45) is 0 Å². The number of nitrogen functional groups attached to an aromatic ring is 1. The van der Waals surface area contributed by atoms with Gasteiger partial charge in [-0.3, -0.25) is 0 Å². The van der Waals surface area contributed by atoms with Crippen LogP contribution in [0.3, 0.4) is 0 Å². The van der Waals surface area contributed by atoms with Crippen molar-refractivity contribution in [3.63, 3.8) is 0 Å². The monoisotopic (exact) mass is 283 g/mol. The average molecular weight is 284 g/mol. The van der Waals surface area contributed by atoms with Crippen LogP contribution in [-0.4, -0.2) is 16.0 Å². The minimum atomic E-state index is 0.654. The fraction of sp³-hybridized carbons (Fsp3) is 0.100. The first-order valence-electron chi connectivity index (χ1n) is 4.36. The number of aromatic nitrogens is 2. The molecule has 0 saturated heterocycles. The van der Waals surface area contributed by atoms with Crippen LogP contribution in [0.25, 0.3) is 5.69 Å². The first kappa shape index (κ1) is 10.6. The van der Waals surface area contributed by atoms with Crippen molar-refractivity contribution >= 4 is 33.5 Å². The second-order valence-corrected chi connectivity index (χ2v) is 4.74. The zero-order valence-electron chi connectivity index (χ0n) is 8.14. The summed E-state index contributed by atoms with van der Waals surface area (Å²) in [6.07, 6.45) is 1.98. The van der Waals surface area contributed by atoms with Crippen LogP contribution in [0, 0.1) is 0 Å². The number of anilines is 1. The Bertz CT molecular complexity index is 464. The summed E-state index contributed by atoms with van der Waals surface area (Å²) in [7, 11) is 0. The minimum Gasteiger partial charge on any atom is -0.384 e. The lowest BCUT2D eigenvalue weighted by Crippen LogP contribution is -2.01. The van der Waals surface area contributed by atoms with E-state index in [9.17, 15) is 0 Å². The molecular weight excluding hydrogens is 274 g/mol. The smallest absolute Gasteiger partial charge is 0.128 e. The molecular formula is C10H10BrN3S. The van der Waals surface area contributed by atoms with Crippen LogP contribution >= 0.6 is 27.7 Å². The summed E-state index contributed by atoms with van der Waals surface area (Å²) < 4.78 is 2.78. The van der Waals surface area contributed by atoms with Crippen molar-refractivity contribution in [2.45, 2.75) is 5.03 Å². The van der Waals surface area contributed by atoms with Gasteiger partial charge < -0.3 is 5.73 Å². The van der Waals surface area contributed by atoms with Gasteiger partial charge in [-0.25, -0.2) is 4.68 Å². The summed E-state index contributed by atoms with van der Waals surface area (Å²) in [5, 5.41) is 5.29. The molecule has 1 aromatic carbocycles. The Labute approximate surface area is 101 Å². The van der Waals surface area contributed by atoms with Crippen LogP contribution in [0.5, 0.6) is 0 Å². The molecule has 0 aliphatic carbocycles. The molecule has 78 valence electrons. The van der Waals surface area contributed by atoms with Gasteiger partial charge in [0.05, 0.1) is 5.69 Å². The van der Waals surface area contributed by atoms with E-state index in [1.54, 1.807) is 16.4 Å². The van der Waals surface area contributed by atoms with Gasteiger partial charge in [-0.15, -0.1) is 11.8 Å². The summed E-state index contributed by atoms with van der Waals surface area (Å²) in [5.41, 5.74) is 6.83. The van der Waals surface area contributed by atoms with Crippen LogP contribution in [-0.2, 0) is 0 Å². The first-order valence-corrected chi connectivity index (χ1v) is 6.38. The van der Waals surface area contributed by atoms with Crippen molar-refractivity contribution in [3.8, 4) is 5.69 Å². The van der Waals surface area contributed by atoms with Gasteiger partial charge >= 0.3 is 0 Å². The van der Waals surface area contributed by atoms with E-state index in [4.69, 9.17) is 5.73 Å². The van der Waals surface area contributed by atoms with E-state index in [0.29, 0.717) is 5.82 Å². The van der Waals surface area contributed by atoms with Crippen LogP contribution in [0.15, 0.2) is 39.8 Å². The molecule has 0 unspecified atom stereocenters. The normalized spacial score (nSPS) is 10.5. The van der Waals surface area contributed by atoms with E-state index in [1.165, 1.54) is 0 Å². The quantitative estimate of drug-likeness (QED) is 0.862. The molecule has 1 aromatic heterocycles. The molecule has 0 aliphatic rings. The topological polar surface area (TPSA) is 43.8 Å². The lowest BCUT2D eigenvalue weighted by Gasteiger charge is -2.03. The van der Waals surface area contributed by atoms with Gasteiger partial charge in [0, 0.05) is 10.5 Å². The van der Waals surface area contributed by atoms with E-state index >= 15 is 0 Å². The molecule has 0 fully saturated rings. The maximum atomic E-state index is 5.86. The summed E-state index contributed by atoms with van der Waals surface area (Å²) in [4.78, 5) is 0. The molecule has 2 N–H and O–H groups in total. The molecule has 5 heteroatoms. The number of rotatable bonds is 2. The molecule has 0 atom stereocenters. The van der Waals surface area contributed by atoms with Gasteiger partial charge in [0.2, 0.25) is 0 Å². The average Bonchev–Trinajstić information content (AvgIpc) is 2.61. The number of hydrogen-bond acceptors (Lipinski definition) is 3. The second kappa shape index (κ2) is 4.28. The third-order valence-electron chi connectivity index (χ3n) is 1.99. The number of nitrogens with zero attached hydrogens (tertiary/aromatic N) is 2. The highest BCUT2D eigenvalue weighted by molar-refractivity contribution is 9.10. The van der Waals surface area contributed by atoms with Gasteiger partial charge in [-0.05, 0) is 30.5 Å². The zero-order chi connectivity index (χ0) is 10.8. The van der Waals surface area contributed by atoms with E-state index in [-0.39, 0.29) is 0 Å². The third kappa shape index (κ3) is 2.18. The molecule has 0 aliphatic heterocycles. The SMILES string of the molecule is CSc1cc(N)n(-c2ccc(Br)cc2)n1. The first-order chi connectivity index (χ1) is 7.20. The number of thioether (sulfide) groups is 1. The fourth-order valence-corrected chi connectivity index (χ4v) is 1.93. The van der Waals surface area contributed by atoms with E-state index < -0.39 is 0 Å². The van der Waals surface area contributed by atoms with Crippen molar-refractivity contribution < 1.29 is 0 Å². The van der Waals surface area contributed by atoms with Gasteiger partial charge in [-0.2, -0.15) is 5.10 Å². The number of hydrogen-bond donors (Lipinski definition) is 1. The van der Waals surface area contributed by atoms with Gasteiger partial charge in [0.1, 0.15) is 10.8 Å². The Morgan fingerprint density at radius 3 is 2.53 bits per heavy atom. The Morgan fingerprint density at radius 2 is 2.00 bits per heavy atom. The minimum absolute atomic E-state index is 0.654. The lowest BCUT2D eigenvalue weighted by molar-refractivity contribution is 0.846. The molecule has 2 aromatic rings. The summed E-state index contributed by atoms with van der Waals surface area (Å²) in [5.74, 6) is 0.654. The molecule has 2 rings (SSSR count). The largest absolute Gasteiger partial charge is 0.384 e. The van der Waals surface area contributed by atoms with Crippen molar-refractivity contribution in [1.29, 1.82) is 0 Å². The van der Waals surface area contributed by atoms with Gasteiger partial charge in [0.15, 0.2) is 0 Å². The predicted octanol–water partition coefficient (Wildman–Crippen LogP) is 2.94. The summed E-state index contributed by atoms with van der Waals surface area (Å²) >= 11 is 4.97. The molecule has 0 saturated carbocycles. The summed E-state index contributed by atoms with van der Waals surface area (Å²) in [6, 6.07) is 9.74. The molecule has 0 amide bonds. The van der Waals surface area contributed by atoms with Crippen molar-refractivity contribution in [2.75, 3.05) is 12.0 Å². The van der Waals surface area contributed by atoms with Crippen LogP contribution in [0.1, 0.15) is 0 Å². The standard InChI is InChI=1S/C10H10BrN3S/c1-15-10-6-9(12)14(13-10)8-4-2-7(11)3-5-8/h2-6H,12H2,1H3. The number of benzene rings is 1. The lowest BCUT2D eigenvalue weighted by atomic mass is 10.3. The maximum absolute atomic E-state index is 5.86. The molecule has 1 heterocycles. The maximum Gasteiger partial charge on any atom is 0.128 e. The van der Waals surface area contributed by atoms with Crippen molar-refractivity contribution in [3.05, 3.63) is 34.8 Å². The Balaban J connectivity index is 2.44. The van der Waals surface area contributed by atoms with Crippen molar-refractivity contribution in [1.82, 2.24) is 9.78 Å². The molecule has 15 heavy (non-hydrogen) atoms. The third-order valence-corrected chi connectivity index (χ3v) is 3.14. The molecule has 0 spiro atoms. The molecule has 0 radical (unpaired) electrons. The molecule has 0 bridgehead atoms. The Morgan fingerprint density at radius 1 is 1.33 bits per heavy atom. The van der Waals surface area contributed by atoms with Crippen LogP contribution in [0.2, 0.25) is 0 Å².